The predicted molar refractivity (Wildman–Crippen MR) is 78.9 cm³/mol. The van der Waals surface area contributed by atoms with Gasteiger partial charge in [-0.3, -0.25) is 4.79 Å². The van der Waals surface area contributed by atoms with Gasteiger partial charge in [-0.1, -0.05) is 24.3 Å². The topological polar surface area (TPSA) is 46.9 Å². The third-order valence-electron chi connectivity index (χ3n) is 3.90. The van der Waals surface area contributed by atoms with Crippen molar-refractivity contribution in [2.45, 2.75) is 39.2 Å². The molecule has 4 nitrogen and oxygen atoms in total. The summed E-state index contributed by atoms with van der Waals surface area (Å²) in [5.74, 6) is 1.02. The van der Waals surface area contributed by atoms with Gasteiger partial charge in [-0.15, -0.1) is 0 Å². The first-order valence-corrected chi connectivity index (χ1v) is 7.00. The van der Waals surface area contributed by atoms with Crippen molar-refractivity contribution in [2.24, 2.45) is 0 Å². The Bertz CT molecular complexity index is 657. The number of nitrogens with one attached hydrogen (secondary N) is 1. The Morgan fingerprint density at radius 2 is 2.05 bits per heavy atom. The Hall–Kier alpha value is -2.10. The number of rotatable bonds is 2. The second-order valence-corrected chi connectivity index (χ2v) is 5.65. The highest BCUT2D eigenvalue weighted by Crippen LogP contribution is 2.38. The average molecular weight is 269 g/mol. The highest BCUT2D eigenvalue weighted by Gasteiger charge is 2.30. The van der Waals surface area contributed by atoms with E-state index in [1.807, 2.05) is 23.0 Å². The number of carbonyl (C=O) groups is 1. The van der Waals surface area contributed by atoms with Crippen molar-refractivity contribution < 1.29 is 4.79 Å². The van der Waals surface area contributed by atoms with Crippen molar-refractivity contribution in [1.82, 2.24) is 9.78 Å². The minimum absolute atomic E-state index is 0.0631. The zero-order chi connectivity index (χ0) is 14.3. The number of nitrogens with zero attached hydrogens (tertiary/aromatic N) is 2. The van der Waals surface area contributed by atoms with Crippen molar-refractivity contribution in [1.29, 1.82) is 0 Å². The van der Waals surface area contributed by atoms with Gasteiger partial charge in [-0.2, -0.15) is 5.10 Å². The van der Waals surface area contributed by atoms with Gasteiger partial charge in [-0.05, 0) is 31.9 Å². The van der Waals surface area contributed by atoms with Crippen molar-refractivity contribution in [2.75, 3.05) is 5.32 Å². The van der Waals surface area contributed by atoms with Crippen molar-refractivity contribution >= 4 is 11.7 Å². The molecule has 1 unspecified atom stereocenters. The van der Waals surface area contributed by atoms with E-state index in [-0.39, 0.29) is 17.9 Å². The molecule has 1 aromatic heterocycles. The number of benzene rings is 1. The normalized spacial score (nSPS) is 18.0. The maximum Gasteiger partial charge on any atom is 0.226 e. The molecule has 1 atom stereocenters. The van der Waals surface area contributed by atoms with Crippen LogP contribution in [0.3, 0.4) is 0 Å². The van der Waals surface area contributed by atoms with Gasteiger partial charge in [0, 0.05) is 23.9 Å². The molecule has 0 saturated carbocycles. The predicted octanol–water partition coefficient (Wildman–Crippen LogP) is 3.25. The zero-order valence-corrected chi connectivity index (χ0v) is 12.1. The smallest absolute Gasteiger partial charge is 0.226 e. The van der Waals surface area contributed by atoms with Crippen LogP contribution in [0.1, 0.15) is 48.9 Å². The molecule has 1 amide bonds. The van der Waals surface area contributed by atoms with E-state index in [9.17, 15) is 4.79 Å². The van der Waals surface area contributed by atoms with Crippen LogP contribution >= 0.6 is 0 Å². The minimum Gasteiger partial charge on any atom is -0.311 e. The van der Waals surface area contributed by atoms with Crippen LogP contribution in [0.5, 0.6) is 0 Å². The zero-order valence-electron chi connectivity index (χ0n) is 12.1. The SMILES string of the molecule is Cc1ccccc1C1CC(=O)Nc2c1cnn2C(C)C. The third kappa shape index (κ3) is 2.01. The molecule has 0 bridgehead atoms. The van der Waals surface area contributed by atoms with Gasteiger partial charge in [0.25, 0.3) is 0 Å². The number of hydrogen-bond donors (Lipinski definition) is 1. The highest BCUT2D eigenvalue weighted by molar-refractivity contribution is 5.94. The van der Waals surface area contributed by atoms with Crippen LogP contribution in [-0.2, 0) is 4.79 Å². The molecular weight excluding hydrogens is 250 g/mol. The summed E-state index contributed by atoms with van der Waals surface area (Å²) in [4.78, 5) is 12.0. The van der Waals surface area contributed by atoms with Crippen LogP contribution in [-0.4, -0.2) is 15.7 Å². The Morgan fingerprint density at radius 3 is 2.75 bits per heavy atom. The van der Waals surface area contributed by atoms with Gasteiger partial charge in [0.2, 0.25) is 5.91 Å². The standard InChI is InChI=1S/C16H19N3O/c1-10(2)19-16-14(9-17-19)13(8-15(20)18-16)12-7-5-4-6-11(12)3/h4-7,9-10,13H,8H2,1-3H3,(H,18,20). The summed E-state index contributed by atoms with van der Waals surface area (Å²) in [6.07, 6.45) is 2.38. The summed E-state index contributed by atoms with van der Waals surface area (Å²) in [7, 11) is 0. The van der Waals surface area contributed by atoms with E-state index in [0.717, 1.165) is 11.4 Å². The van der Waals surface area contributed by atoms with Gasteiger partial charge in [-0.25, -0.2) is 4.68 Å². The first kappa shape index (κ1) is 12.9. The molecule has 1 aliphatic heterocycles. The van der Waals surface area contributed by atoms with E-state index in [4.69, 9.17) is 0 Å². The molecule has 1 aliphatic rings. The fourth-order valence-electron chi connectivity index (χ4n) is 2.89. The summed E-state index contributed by atoms with van der Waals surface area (Å²) in [5, 5.41) is 7.41. The van der Waals surface area contributed by atoms with E-state index in [2.05, 4.69) is 43.3 Å². The largest absolute Gasteiger partial charge is 0.311 e. The van der Waals surface area contributed by atoms with E-state index in [1.165, 1.54) is 11.1 Å². The minimum atomic E-state index is 0.0631. The summed E-state index contributed by atoms with van der Waals surface area (Å²) in [5.41, 5.74) is 3.55. The van der Waals surface area contributed by atoms with E-state index in [1.54, 1.807) is 0 Å². The van der Waals surface area contributed by atoms with Crippen LogP contribution < -0.4 is 5.32 Å². The maximum absolute atomic E-state index is 12.0. The molecule has 1 aromatic carbocycles. The molecule has 104 valence electrons. The first-order valence-electron chi connectivity index (χ1n) is 7.00. The molecule has 0 fully saturated rings. The van der Waals surface area contributed by atoms with Crippen LogP contribution in [0.4, 0.5) is 5.82 Å². The lowest BCUT2D eigenvalue weighted by atomic mass is 9.85. The fraction of sp³-hybridized carbons (Fsp3) is 0.375. The number of aryl methyl sites for hydroxylation is 1. The number of fused-ring (bicyclic) bond motifs is 1. The third-order valence-corrected chi connectivity index (χ3v) is 3.90. The van der Waals surface area contributed by atoms with Gasteiger partial charge in [0.15, 0.2) is 0 Å². The second kappa shape index (κ2) is 4.78. The molecule has 2 heterocycles. The van der Waals surface area contributed by atoms with Crippen LogP contribution in [0.2, 0.25) is 0 Å². The molecule has 20 heavy (non-hydrogen) atoms. The first-order chi connectivity index (χ1) is 9.58. The number of carbonyl (C=O) groups excluding carboxylic acids is 1. The Balaban J connectivity index is 2.12. The fourth-order valence-corrected chi connectivity index (χ4v) is 2.89. The van der Waals surface area contributed by atoms with Gasteiger partial charge in [0.1, 0.15) is 5.82 Å². The van der Waals surface area contributed by atoms with Gasteiger partial charge in [0.05, 0.1) is 6.20 Å². The van der Waals surface area contributed by atoms with Crippen LogP contribution in [0.15, 0.2) is 30.5 Å². The van der Waals surface area contributed by atoms with Crippen LogP contribution in [0.25, 0.3) is 0 Å². The van der Waals surface area contributed by atoms with E-state index >= 15 is 0 Å². The molecule has 1 N–H and O–H groups in total. The molecule has 0 aliphatic carbocycles. The Morgan fingerprint density at radius 1 is 1.30 bits per heavy atom. The van der Waals surface area contributed by atoms with E-state index < -0.39 is 0 Å². The second-order valence-electron chi connectivity index (χ2n) is 5.65. The lowest BCUT2D eigenvalue weighted by Crippen LogP contribution is -2.25. The molecule has 3 rings (SSSR count). The quantitative estimate of drug-likeness (QED) is 0.909. The van der Waals surface area contributed by atoms with E-state index in [0.29, 0.717) is 6.42 Å². The number of anilines is 1. The molecule has 0 radical (unpaired) electrons. The molecule has 0 spiro atoms. The van der Waals surface area contributed by atoms with Crippen molar-refractivity contribution in [3.8, 4) is 0 Å². The van der Waals surface area contributed by atoms with Crippen molar-refractivity contribution in [3.63, 3.8) is 0 Å². The van der Waals surface area contributed by atoms with Crippen LogP contribution in [0, 0.1) is 6.92 Å². The molecule has 0 saturated heterocycles. The maximum atomic E-state index is 12.0. The molecule has 4 heteroatoms. The molecular formula is C16H19N3O. The monoisotopic (exact) mass is 269 g/mol. The van der Waals surface area contributed by atoms with Gasteiger partial charge < -0.3 is 5.32 Å². The number of aromatic nitrogens is 2. The summed E-state index contributed by atoms with van der Waals surface area (Å²) >= 11 is 0. The Kier molecular flexibility index (Phi) is 3.08. The van der Waals surface area contributed by atoms with Crippen molar-refractivity contribution in [3.05, 3.63) is 47.2 Å². The van der Waals surface area contributed by atoms with Gasteiger partial charge >= 0.3 is 0 Å². The Labute approximate surface area is 118 Å². The lowest BCUT2D eigenvalue weighted by molar-refractivity contribution is -0.116. The number of amides is 1. The highest BCUT2D eigenvalue weighted by atomic mass is 16.1. The lowest BCUT2D eigenvalue weighted by Gasteiger charge is -2.25. The number of hydrogen-bond acceptors (Lipinski definition) is 2. The summed E-state index contributed by atoms with van der Waals surface area (Å²) in [6, 6.07) is 8.49. The summed E-state index contributed by atoms with van der Waals surface area (Å²) in [6.45, 7) is 6.22. The summed E-state index contributed by atoms with van der Waals surface area (Å²) < 4.78 is 1.89. The molecule has 2 aromatic rings. The average Bonchev–Trinajstić information content (AvgIpc) is 2.82.